The van der Waals surface area contributed by atoms with Crippen molar-refractivity contribution in [2.24, 2.45) is 0 Å². The lowest BCUT2D eigenvalue weighted by Gasteiger charge is -2.27. The number of furan rings is 1. The second-order valence-corrected chi connectivity index (χ2v) is 4.17. The third-order valence-corrected chi connectivity index (χ3v) is 2.93. The van der Waals surface area contributed by atoms with Crippen LogP contribution in [0.3, 0.4) is 0 Å². The first-order valence-electron chi connectivity index (χ1n) is 5.18. The van der Waals surface area contributed by atoms with Crippen molar-refractivity contribution in [3.63, 3.8) is 0 Å². The summed E-state index contributed by atoms with van der Waals surface area (Å²) in [6.45, 7) is 2.41. The third-order valence-electron chi connectivity index (χ3n) is 2.93. The van der Waals surface area contributed by atoms with E-state index in [1.54, 1.807) is 6.92 Å². The van der Waals surface area contributed by atoms with E-state index in [0.29, 0.717) is 6.61 Å². The van der Waals surface area contributed by atoms with E-state index >= 15 is 0 Å². The summed E-state index contributed by atoms with van der Waals surface area (Å²) in [5.41, 5.74) is -0.673. The second-order valence-electron chi connectivity index (χ2n) is 4.17. The van der Waals surface area contributed by atoms with Gasteiger partial charge in [-0.15, -0.1) is 0 Å². The molecule has 0 aliphatic carbocycles. The summed E-state index contributed by atoms with van der Waals surface area (Å²) >= 11 is 0. The van der Waals surface area contributed by atoms with E-state index in [9.17, 15) is 9.90 Å². The minimum atomic E-state index is -1.14. The molecule has 5 nitrogen and oxygen atoms in total. The molecule has 1 aliphatic heterocycles. The van der Waals surface area contributed by atoms with Crippen molar-refractivity contribution in [3.8, 4) is 0 Å². The SMILES string of the molecule is CC1(C(O)c2ccc(C(=O)O)o2)CCCO1. The van der Waals surface area contributed by atoms with E-state index in [2.05, 4.69) is 0 Å². The Morgan fingerprint density at radius 1 is 1.56 bits per heavy atom. The smallest absolute Gasteiger partial charge is 0.371 e. The summed E-state index contributed by atoms with van der Waals surface area (Å²) in [5, 5.41) is 18.8. The maximum absolute atomic E-state index is 10.6. The zero-order valence-corrected chi connectivity index (χ0v) is 8.97. The maximum atomic E-state index is 10.6. The van der Waals surface area contributed by atoms with Crippen LogP contribution in [0.25, 0.3) is 0 Å². The highest BCUT2D eigenvalue weighted by atomic mass is 16.5. The summed E-state index contributed by atoms with van der Waals surface area (Å²) in [4.78, 5) is 10.6. The van der Waals surface area contributed by atoms with Crippen LogP contribution in [0.5, 0.6) is 0 Å². The van der Waals surface area contributed by atoms with Crippen molar-refractivity contribution in [1.82, 2.24) is 0 Å². The number of carboxylic acids is 1. The number of rotatable bonds is 3. The van der Waals surface area contributed by atoms with Gasteiger partial charge in [0.05, 0.1) is 5.60 Å². The van der Waals surface area contributed by atoms with E-state index in [4.69, 9.17) is 14.3 Å². The topological polar surface area (TPSA) is 79.9 Å². The molecule has 2 rings (SSSR count). The first-order valence-corrected chi connectivity index (χ1v) is 5.18. The number of aromatic carboxylic acids is 1. The van der Waals surface area contributed by atoms with Crippen molar-refractivity contribution >= 4 is 5.97 Å². The van der Waals surface area contributed by atoms with Gasteiger partial charge in [0.25, 0.3) is 0 Å². The summed E-state index contributed by atoms with van der Waals surface area (Å²) in [7, 11) is 0. The normalized spacial score (nSPS) is 26.9. The Labute approximate surface area is 92.6 Å². The molecule has 1 aromatic rings. The predicted molar refractivity (Wildman–Crippen MR) is 54.2 cm³/mol. The number of carbonyl (C=O) groups is 1. The molecule has 0 spiro atoms. The fourth-order valence-corrected chi connectivity index (χ4v) is 1.93. The first-order chi connectivity index (χ1) is 7.53. The number of hydrogen-bond acceptors (Lipinski definition) is 4. The van der Waals surface area contributed by atoms with Crippen LogP contribution < -0.4 is 0 Å². The molecule has 88 valence electrons. The van der Waals surface area contributed by atoms with E-state index < -0.39 is 17.7 Å². The number of aliphatic hydroxyl groups excluding tert-OH is 1. The third kappa shape index (κ3) is 1.83. The molecule has 1 saturated heterocycles. The maximum Gasteiger partial charge on any atom is 0.371 e. The Balaban J connectivity index is 2.19. The van der Waals surface area contributed by atoms with Crippen LogP contribution in [0.4, 0.5) is 0 Å². The van der Waals surface area contributed by atoms with Crippen LogP contribution >= 0.6 is 0 Å². The summed E-state index contributed by atoms with van der Waals surface area (Å²) in [6.07, 6.45) is 0.695. The van der Waals surface area contributed by atoms with Gasteiger partial charge in [-0.05, 0) is 31.9 Å². The largest absolute Gasteiger partial charge is 0.475 e. The molecule has 1 fully saturated rings. The molecule has 2 unspecified atom stereocenters. The Morgan fingerprint density at radius 2 is 2.31 bits per heavy atom. The van der Waals surface area contributed by atoms with Crippen molar-refractivity contribution in [3.05, 3.63) is 23.7 Å². The van der Waals surface area contributed by atoms with Gasteiger partial charge in [0.2, 0.25) is 5.76 Å². The number of hydrogen-bond donors (Lipinski definition) is 2. The quantitative estimate of drug-likeness (QED) is 0.817. The van der Waals surface area contributed by atoms with Gasteiger partial charge in [-0.2, -0.15) is 0 Å². The summed E-state index contributed by atoms with van der Waals surface area (Å²) < 4.78 is 10.5. The van der Waals surface area contributed by atoms with Crippen LogP contribution in [0.2, 0.25) is 0 Å². The zero-order valence-electron chi connectivity index (χ0n) is 8.97. The Hall–Kier alpha value is -1.33. The van der Waals surface area contributed by atoms with E-state index in [1.807, 2.05) is 0 Å². The van der Waals surface area contributed by atoms with Crippen molar-refractivity contribution in [1.29, 1.82) is 0 Å². The molecule has 0 bridgehead atoms. The predicted octanol–water partition coefficient (Wildman–Crippen LogP) is 1.58. The lowest BCUT2D eigenvalue weighted by Crippen LogP contribution is -2.31. The lowest BCUT2D eigenvalue weighted by molar-refractivity contribution is -0.0876. The van der Waals surface area contributed by atoms with Gasteiger partial charge in [0.15, 0.2) is 0 Å². The number of ether oxygens (including phenoxy) is 1. The van der Waals surface area contributed by atoms with E-state index in [-0.39, 0.29) is 11.5 Å². The van der Waals surface area contributed by atoms with Gasteiger partial charge in [0.1, 0.15) is 11.9 Å². The van der Waals surface area contributed by atoms with Crippen LogP contribution in [0.1, 0.15) is 42.2 Å². The van der Waals surface area contributed by atoms with Crippen LogP contribution in [0.15, 0.2) is 16.5 Å². The molecule has 0 saturated carbocycles. The molecule has 0 amide bonds. The molecule has 0 aromatic carbocycles. The molecule has 2 atom stereocenters. The van der Waals surface area contributed by atoms with Gasteiger partial charge >= 0.3 is 5.97 Å². The van der Waals surface area contributed by atoms with Crippen LogP contribution in [0, 0.1) is 0 Å². The van der Waals surface area contributed by atoms with Gasteiger partial charge in [-0.25, -0.2) is 4.79 Å². The average molecular weight is 226 g/mol. The molecule has 1 aromatic heterocycles. The molecule has 2 heterocycles. The monoisotopic (exact) mass is 226 g/mol. The van der Waals surface area contributed by atoms with Crippen molar-refractivity contribution in [2.45, 2.75) is 31.5 Å². The first kappa shape index (κ1) is 11.2. The van der Waals surface area contributed by atoms with Gasteiger partial charge in [-0.1, -0.05) is 0 Å². The molecular formula is C11H14O5. The second kappa shape index (κ2) is 3.92. The highest BCUT2D eigenvalue weighted by molar-refractivity contribution is 5.84. The highest BCUT2D eigenvalue weighted by Gasteiger charge is 2.40. The zero-order chi connectivity index (χ0) is 11.8. The Bertz CT molecular complexity index is 389. The van der Waals surface area contributed by atoms with E-state index in [0.717, 1.165) is 12.8 Å². The van der Waals surface area contributed by atoms with Crippen molar-refractivity contribution in [2.75, 3.05) is 6.61 Å². The fourth-order valence-electron chi connectivity index (χ4n) is 1.93. The van der Waals surface area contributed by atoms with Gasteiger partial charge < -0.3 is 19.4 Å². The van der Waals surface area contributed by atoms with Crippen LogP contribution in [-0.2, 0) is 4.74 Å². The number of carboxylic acid groups (broad SMARTS) is 1. The molecule has 0 radical (unpaired) electrons. The molecule has 16 heavy (non-hydrogen) atoms. The standard InChI is InChI=1S/C11H14O5/c1-11(5-2-6-15-11)9(12)7-3-4-8(16-7)10(13)14/h3-4,9,12H,2,5-6H2,1H3,(H,13,14). The van der Waals surface area contributed by atoms with E-state index in [1.165, 1.54) is 12.1 Å². The van der Waals surface area contributed by atoms with Gasteiger partial charge in [-0.3, -0.25) is 0 Å². The average Bonchev–Trinajstić information content (AvgIpc) is 2.85. The molecule has 2 N–H and O–H groups in total. The van der Waals surface area contributed by atoms with Crippen LogP contribution in [-0.4, -0.2) is 28.4 Å². The lowest BCUT2D eigenvalue weighted by atomic mass is 9.94. The summed E-state index contributed by atoms with van der Waals surface area (Å²) in [6, 6.07) is 2.81. The Kier molecular flexibility index (Phi) is 2.73. The van der Waals surface area contributed by atoms with Gasteiger partial charge in [0, 0.05) is 6.61 Å². The minimum absolute atomic E-state index is 0.171. The highest BCUT2D eigenvalue weighted by Crippen LogP contribution is 2.37. The fraction of sp³-hybridized carbons (Fsp3) is 0.545. The molecule has 5 heteroatoms. The molecular weight excluding hydrogens is 212 g/mol. The molecule has 1 aliphatic rings. The minimum Gasteiger partial charge on any atom is -0.475 e. The summed E-state index contributed by atoms with van der Waals surface area (Å²) in [5.74, 6) is -1.08. The number of aliphatic hydroxyl groups is 1. The van der Waals surface area contributed by atoms with Crippen molar-refractivity contribution < 1.29 is 24.2 Å². The Morgan fingerprint density at radius 3 is 2.81 bits per heavy atom.